The van der Waals surface area contributed by atoms with Crippen LogP contribution in [0.25, 0.3) is 6.08 Å². The number of carbonyl (C=O) groups is 1. The van der Waals surface area contributed by atoms with E-state index in [-0.39, 0.29) is 5.57 Å². The lowest BCUT2D eigenvalue weighted by Gasteiger charge is -2.08. The number of amides is 1. The van der Waals surface area contributed by atoms with E-state index in [9.17, 15) is 10.1 Å². The molecule has 1 N–H and O–H groups in total. The van der Waals surface area contributed by atoms with Crippen molar-refractivity contribution in [1.82, 2.24) is 0 Å². The van der Waals surface area contributed by atoms with Crippen LogP contribution in [0.5, 0.6) is 5.75 Å². The van der Waals surface area contributed by atoms with E-state index in [1.54, 1.807) is 24.3 Å². The second kappa shape index (κ2) is 8.70. The van der Waals surface area contributed by atoms with Gasteiger partial charge in [-0.25, -0.2) is 0 Å². The van der Waals surface area contributed by atoms with Gasteiger partial charge in [0.25, 0.3) is 5.91 Å². The molecule has 0 saturated heterocycles. The Bertz CT molecular complexity index is 799. The molecule has 128 valence electrons. The maximum Gasteiger partial charge on any atom is 0.266 e. The van der Waals surface area contributed by atoms with Gasteiger partial charge in [-0.1, -0.05) is 44.2 Å². The fourth-order valence-electron chi connectivity index (χ4n) is 2.32. The van der Waals surface area contributed by atoms with E-state index in [1.165, 1.54) is 5.56 Å². The zero-order valence-corrected chi connectivity index (χ0v) is 14.7. The lowest BCUT2D eigenvalue weighted by Crippen LogP contribution is -2.13. The van der Waals surface area contributed by atoms with Gasteiger partial charge in [0, 0.05) is 11.8 Å². The van der Waals surface area contributed by atoms with Crippen molar-refractivity contribution in [2.24, 2.45) is 0 Å². The highest BCUT2D eigenvalue weighted by Gasteiger charge is 2.10. The van der Waals surface area contributed by atoms with Crippen molar-refractivity contribution >= 4 is 17.7 Å². The number of benzene rings is 2. The Morgan fingerprint density at radius 1 is 1.24 bits per heavy atom. The Labute approximate surface area is 148 Å². The molecule has 0 fully saturated rings. The smallest absolute Gasteiger partial charge is 0.266 e. The zero-order valence-electron chi connectivity index (χ0n) is 14.7. The van der Waals surface area contributed by atoms with E-state index in [2.05, 4.69) is 19.2 Å². The number of nitrogens with zero attached hydrogens (tertiary/aromatic N) is 1. The fraction of sp³-hybridized carbons (Fsp3) is 0.238. The van der Waals surface area contributed by atoms with Crippen molar-refractivity contribution in [1.29, 1.82) is 5.26 Å². The average Bonchev–Trinajstić information content (AvgIpc) is 2.60. The lowest BCUT2D eigenvalue weighted by molar-refractivity contribution is -0.112. The fourth-order valence-corrected chi connectivity index (χ4v) is 2.32. The van der Waals surface area contributed by atoms with E-state index in [4.69, 9.17) is 4.74 Å². The maximum absolute atomic E-state index is 12.3. The first-order valence-corrected chi connectivity index (χ1v) is 8.29. The topological polar surface area (TPSA) is 62.1 Å². The quantitative estimate of drug-likeness (QED) is 0.612. The third kappa shape index (κ3) is 5.22. The molecule has 2 rings (SSSR count). The first kappa shape index (κ1) is 18.3. The second-order valence-corrected chi connectivity index (χ2v) is 5.91. The van der Waals surface area contributed by atoms with Crippen LogP contribution >= 0.6 is 0 Å². The van der Waals surface area contributed by atoms with E-state index in [0.29, 0.717) is 24.0 Å². The van der Waals surface area contributed by atoms with Crippen LogP contribution in [0.4, 0.5) is 5.69 Å². The van der Waals surface area contributed by atoms with E-state index in [0.717, 1.165) is 5.56 Å². The molecule has 0 heterocycles. The third-order valence-electron chi connectivity index (χ3n) is 3.68. The van der Waals surface area contributed by atoms with Crippen molar-refractivity contribution in [3.63, 3.8) is 0 Å². The standard InChI is InChI=1S/C21H22N2O2/c1-4-25-20-7-5-6-19(13-20)23-21(24)18(14-22)12-16-8-10-17(11-9-16)15(2)3/h5-13,15H,4H2,1-3H3,(H,23,24)/b18-12+. The molecule has 0 atom stereocenters. The van der Waals surface area contributed by atoms with Crippen LogP contribution in [0, 0.1) is 11.3 Å². The van der Waals surface area contributed by atoms with Crippen molar-refractivity contribution in [3.8, 4) is 11.8 Å². The van der Waals surface area contributed by atoms with Crippen LogP contribution in [-0.4, -0.2) is 12.5 Å². The minimum absolute atomic E-state index is 0.0547. The number of ether oxygens (including phenoxy) is 1. The summed E-state index contributed by atoms with van der Waals surface area (Å²) in [6, 6.07) is 16.9. The van der Waals surface area contributed by atoms with Gasteiger partial charge < -0.3 is 10.1 Å². The largest absolute Gasteiger partial charge is 0.494 e. The van der Waals surface area contributed by atoms with Crippen LogP contribution in [0.15, 0.2) is 54.1 Å². The summed E-state index contributed by atoms with van der Waals surface area (Å²) in [5, 5.41) is 12.0. The Morgan fingerprint density at radius 2 is 1.96 bits per heavy atom. The molecular formula is C21H22N2O2. The normalized spacial score (nSPS) is 11.1. The Hall–Kier alpha value is -3.06. The van der Waals surface area contributed by atoms with Gasteiger partial charge in [0.1, 0.15) is 17.4 Å². The molecule has 1 amide bonds. The van der Waals surface area contributed by atoms with Crippen LogP contribution < -0.4 is 10.1 Å². The first-order chi connectivity index (χ1) is 12.0. The summed E-state index contributed by atoms with van der Waals surface area (Å²) in [7, 11) is 0. The molecule has 0 aliphatic rings. The van der Waals surface area contributed by atoms with E-state index < -0.39 is 5.91 Å². The predicted octanol–water partition coefficient (Wildman–Crippen LogP) is 4.75. The van der Waals surface area contributed by atoms with Gasteiger partial charge in [0.05, 0.1) is 6.61 Å². The Balaban J connectivity index is 2.15. The first-order valence-electron chi connectivity index (χ1n) is 8.29. The molecule has 0 bridgehead atoms. The Morgan fingerprint density at radius 3 is 2.56 bits per heavy atom. The van der Waals surface area contributed by atoms with Gasteiger partial charge in [-0.3, -0.25) is 4.79 Å². The van der Waals surface area contributed by atoms with Gasteiger partial charge in [-0.15, -0.1) is 0 Å². The summed E-state index contributed by atoms with van der Waals surface area (Å²) in [5.74, 6) is 0.672. The molecule has 4 nitrogen and oxygen atoms in total. The molecular weight excluding hydrogens is 312 g/mol. The molecule has 0 aromatic heterocycles. The van der Waals surface area contributed by atoms with Crippen LogP contribution in [0.1, 0.15) is 37.8 Å². The number of anilines is 1. The third-order valence-corrected chi connectivity index (χ3v) is 3.68. The van der Waals surface area contributed by atoms with Crippen molar-refractivity contribution < 1.29 is 9.53 Å². The summed E-state index contributed by atoms with van der Waals surface area (Å²) in [4.78, 5) is 12.3. The van der Waals surface area contributed by atoms with Gasteiger partial charge in [-0.2, -0.15) is 5.26 Å². The van der Waals surface area contributed by atoms with Gasteiger partial charge in [0.2, 0.25) is 0 Å². The van der Waals surface area contributed by atoms with Crippen LogP contribution in [0.2, 0.25) is 0 Å². The molecule has 4 heteroatoms. The van der Waals surface area contributed by atoms with E-state index >= 15 is 0 Å². The van der Waals surface area contributed by atoms with Crippen molar-refractivity contribution in [2.45, 2.75) is 26.7 Å². The van der Waals surface area contributed by atoms with Gasteiger partial charge in [-0.05, 0) is 42.2 Å². The summed E-state index contributed by atoms with van der Waals surface area (Å²) >= 11 is 0. The Kier molecular flexibility index (Phi) is 6.36. The highest BCUT2D eigenvalue weighted by molar-refractivity contribution is 6.09. The second-order valence-electron chi connectivity index (χ2n) is 5.91. The molecule has 0 spiro atoms. The molecule has 0 radical (unpaired) electrons. The summed E-state index contributed by atoms with van der Waals surface area (Å²) < 4.78 is 5.41. The molecule has 25 heavy (non-hydrogen) atoms. The molecule has 0 aliphatic heterocycles. The van der Waals surface area contributed by atoms with Gasteiger partial charge in [0.15, 0.2) is 0 Å². The molecule has 0 unspecified atom stereocenters. The SMILES string of the molecule is CCOc1cccc(NC(=O)/C(C#N)=C/c2ccc(C(C)C)cc2)c1. The average molecular weight is 334 g/mol. The number of hydrogen-bond donors (Lipinski definition) is 1. The monoisotopic (exact) mass is 334 g/mol. The zero-order chi connectivity index (χ0) is 18.2. The molecule has 0 saturated carbocycles. The molecule has 0 aliphatic carbocycles. The summed E-state index contributed by atoms with van der Waals surface area (Å²) in [6.45, 7) is 6.68. The number of nitrogens with one attached hydrogen (secondary N) is 1. The summed E-state index contributed by atoms with van der Waals surface area (Å²) in [5.41, 5.74) is 2.68. The van der Waals surface area contributed by atoms with Crippen LogP contribution in [-0.2, 0) is 4.79 Å². The van der Waals surface area contributed by atoms with Crippen LogP contribution in [0.3, 0.4) is 0 Å². The summed E-state index contributed by atoms with van der Waals surface area (Å²) in [6.07, 6.45) is 1.59. The highest BCUT2D eigenvalue weighted by atomic mass is 16.5. The van der Waals surface area contributed by atoms with Crippen molar-refractivity contribution in [2.75, 3.05) is 11.9 Å². The maximum atomic E-state index is 12.3. The number of hydrogen-bond acceptors (Lipinski definition) is 3. The number of rotatable bonds is 6. The van der Waals surface area contributed by atoms with E-state index in [1.807, 2.05) is 43.3 Å². The highest BCUT2D eigenvalue weighted by Crippen LogP contribution is 2.19. The lowest BCUT2D eigenvalue weighted by atomic mass is 10.0. The predicted molar refractivity (Wildman–Crippen MR) is 100 cm³/mol. The minimum atomic E-state index is -0.441. The number of nitriles is 1. The molecule has 2 aromatic carbocycles. The van der Waals surface area contributed by atoms with Crippen molar-refractivity contribution in [3.05, 3.63) is 65.2 Å². The molecule has 2 aromatic rings. The number of carbonyl (C=O) groups excluding carboxylic acids is 1. The minimum Gasteiger partial charge on any atom is -0.494 e. The van der Waals surface area contributed by atoms with Gasteiger partial charge >= 0.3 is 0 Å².